The van der Waals surface area contributed by atoms with Crippen molar-refractivity contribution in [3.63, 3.8) is 0 Å². The molecule has 0 aliphatic carbocycles. The Hall–Kier alpha value is -3.67. The van der Waals surface area contributed by atoms with E-state index in [2.05, 4.69) is 15.8 Å². The van der Waals surface area contributed by atoms with Gasteiger partial charge in [-0.3, -0.25) is 14.0 Å². The molecule has 2 aromatic heterocycles. The highest BCUT2D eigenvalue weighted by Crippen LogP contribution is 2.30. The van der Waals surface area contributed by atoms with Crippen molar-refractivity contribution in [3.8, 4) is 28.5 Å². The number of hydrogen-bond acceptors (Lipinski definition) is 3. The molecule has 0 fully saturated rings. The van der Waals surface area contributed by atoms with Crippen molar-refractivity contribution in [2.24, 2.45) is 0 Å². The fourth-order valence-corrected chi connectivity index (χ4v) is 3.28. The molecule has 0 saturated carbocycles. The summed E-state index contributed by atoms with van der Waals surface area (Å²) in [5.74, 6) is 0. The lowest BCUT2D eigenvalue weighted by atomic mass is 10.1. The van der Waals surface area contributed by atoms with Gasteiger partial charge < -0.3 is 0 Å². The first kappa shape index (κ1) is 17.7. The summed E-state index contributed by atoms with van der Waals surface area (Å²) in [6.07, 6.45) is 7.25. The Morgan fingerprint density at radius 1 is 1.04 bits per heavy atom. The van der Waals surface area contributed by atoms with Crippen LogP contribution in [0.15, 0.2) is 79.5 Å². The van der Waals surface area contributed by atoms with Gasteiger partial charge in [0.15, 0.2) is 0 Å². The Bertz CT molecular complexity index is 1160. The molecule has 4 aromatic rings. The minimum Gasteiger partial charge on any atom is -0.289 e. The standard InChI is InChI=1S/C20H15N5O2S/c21-12-15-1-3-16(4-2-15)18-11-20(25(13-18)24-10-9-22-14-24)17-5-7-19(8-6-17)23-28(26)27/h1-11,13-14,23H,(H,26,27). The molecule has 2 heterocycles. The largest absolute Gasteiger partial charge is 0.289 e. The molecule has 8 heteroatoms. The second-order valence-corrected chi connectivity index (χ2v) is 6.72. The zero-order chi connectivity index (χ0) is 19.5. The van der Waals surface area contributed by atoms with Crippen molar-refractivity contribution >= 4 is 17.0 Å². The van der Waals surface area contributed by atoms with Crippen molar-refractivity contribution in [1.82, 2.24) is 14.3 Å². The van der Waals surface area contributed by atoms with E-state index in [-0.39, 0.29) is 0 Å². The lowest BCUT2D eigenvalue weighted by Gasteiger charge is -2.10. The highest BCUT2D eigenvalue weighted by Gasteiger charge is 2.11. The van der Waals surface area contributed by atoms with Gasteiger partial charge in [-0.1, -0.05) is 24.3 Å². The van der Waals surface area contributed by atoms with Gasteiger partial charge in [0.2, 0.25) is 0 Å². The van der Waals surface area contributed by atoms with E-state index in [0.29, 0.717) is 11.3 Å². The van der Waals surface area contributed by atoms with Gasteiger partial charge in [-0.2, -0.15) is 5.26 Å². The van der Waals surface area contributed by atoms with Crippen molar-refractivity contribution < 1.29 is 8.76 Å². The summed E-state index contributed by atoms with van der Waals surface area (Å²) in [5, 5.41) is 8.99. The number of benzene rings is 2. The fraction of sp³-hybridized carbons (Fsp3) is 0. The molecule has 0 spiro atoms. The zero-order valence-electron chi connectivity index (χ0n) is 14.6. The molecular weight excluding hydrogens is 374 g/mol. The minimum atomic E-state index is -2.11. The minimum absolute atomic E-state index is 0.553. The van der Waals surface area contributed by atoms with E-state index < -0.39 is 11.3 Å². The summed E-state index contributed by atoms with van der Waals surface area (Å²) in [4.78, 5) is 4.12. The van der Waals surface area contributed by atoms with Gasteiger partial charge in [0.1, 0.15) is 6.33 Å². The number of hydrogen-bond donors (Lipinski definition) is 2. The van der Waals surface area contributed by atoms with Crippen molar-refractivity contribution in [3.05, 3.63) is 85.1 Å². The first-order valence-corrected chi connectivity index (χ1v) is 9.44. The molecule has 138 valence electrons. The molecule has 0 bridgehead atoms. The fourth-order valence-electron chi connectivity index (χ4n) is 2.94. The molecule has 2 N–H and O–H groups in total. The summed E-state index contributed by atoms with van der Waals surface area (Å²) in [5.41, 5.74) is 5.01. The van der Waals surface area contributed by atoms with Crippen LogP contribution >= 0.6 is 0 Å². The summed E-state index contributed by atoms with van der Waals surface area (Å²) >= 11 is -2.11. The number of aromatic nitrogens is 3. The van der Waals surface area contributed by atoms with Crippen LogP contribution in [0.3, 0.4) is 0 Å². The van der Waals surface area contributed by atoms with E-state index in [1.807, 2.05) is 52.1 Å². The number of nitrogens with one attached hydrogen (secondary N) is 1. The molecule has 0 radical (unpaired) electrons. The highest BCUT2D eigenvalue weighted by atomic mass is 32.2. The van der Waals surface area contributed by atoms with Crippen LogP contribution in [-0.2, 0) is 11.3 Å². The normalized spacial score (nSPS) is 11.7. The zero-order valence-corrected chi connectivity index (χ0v) is 15.4. The lowest BCUT2D eigenvalue weighted by Crippen LogP contribution is -2.06. The maximum absolute atomic E-state index is 10.9. The third-order valence-corrected chi connectivity index (χ3v) is 4.68. The van der Waals surface area contributed by atoms with Gasteiger partial charge in [-0.05, 0) is 35.9 Å². The third kappa shape index (κ3) is 3.57. The van der Waals surface area contributed by atoms with Crippen LogP contribution in [0.2, 0.25) is 0 Å². The van der Waals surface area contributed by atoms with Gasteiger partial charge in [-0.25, -0.2) is 13.9 Å². The topological polar surface area (TPSA) is 95.9 Å². The number of nitriles is 1. The SMILES string of the molecule is N#Cc1ccc(-c2cc(-c3ccc(NS(=O)O)cc3)n(-n3ccnc3)c2)cc1. The van der Waals surface area contributed by atoms with Crippen LogP contribution in [0.25, 0.3) is 22.4 Å². The van der Waals surface area contributed by atoms with E-state index in [4.69, 9.17) is 9.81 Å². The maximum Gasteiger partial charge on any atom is 0.259 e. The van der Waals surface area contributed by atoms with E-state index in [0.717, 1.165) is 22.4 Å². The van der Waals surface area contributed by atoms with Crippen LogP contribution in [0.5, 0.6) is 0 Å². The van der Waals surface area contributed by atoms with Crippen LogP contribution in [0, 0.1) is 11.3 Å². The van der Waals surface area contributed by atoms with Gasteiger partial charge in [0.05, 0.1) is 17.3 Å². The lowest BCUT2D eigenvalue weighted by molar-refractivity contribution is 0.570. The quantitative estimate of drug-likeness (QED) is 0.508. The molecule has 4 rings (SSSR count). The summed E-state index contributed by atoms with van der Waals surface area (Å²) in [6, 6.07) is 18.8. The Balaban J connectivity index is 1.78. The number of anilines is 1. The third-order valence-electron chi connectivity index (χ3n) is 4.27. The summed E-state index contributed by atoms with van der Waals surface area (Å²) in [7, 11) is 0. The van der Waals surface area contributed by atoms with E-state index in [1.165, 1.54) is 0 Å². The van der Waals surface area contributed by atoms with E-state index in [1.54, 1.807) is 36.8 Å². The van der Waals surface area contributed by atoms with Gasteiger partial charge in [0, 0.05) is 35.4 Å². The molecule has 1 unspecified atom stereocenters. The maximum atomic E-state index is 10.9. The molecule has 0 amide bonds. The number of rotatable bonds is 5. The average Bonchev–Trinajstić information content (AvgIpc) is 3.38. The second kappa shape index (κ2) is 7.52. The second-order valence-electron chi connectivity index (χ2n) is 6.02. The molecule has 0 aliphatic rings. The Labute approximate surface area is 163 Å². The van der Waals surface area contributed by atoms with Crippen LogP contribution < -0.4 is 4.72 Å². The molecule has 2 aromatic carbocycles. The van der Waals surface area contributed by atoms with Gasteiger partial charge >= 0.3 is 0 Å². The highest BCUT2D eigenvalue weighted by molar-refractivity contribution is 7.80. The summed E-state index contributed by atoms with van der Waals surface area (Å²) in [6.45, 7) is 0. The smallest absolute Gasteiger partial charge is 0.259 e. The average molecular weight is 389 g/mol. The predicted molar refractivity (Wildman–Crippen MR) is 107 cm³/mol. The predicted octanol–water partition coefficient (Wildman–Crippen LogP) is 3.75. The molecular formula is C20H15N5O2S. The van der Waals surface area contributed by atoms with Crippen molar-refractivity contribution in [2.75, 3.05) is 4.72 Å². The molecule has 0 saturated heterocycles. The molecule has 1 atom stereocenters. The monoisotopic (exact) mass is 389 g/mol. The Morgan fingerprint density at radius 3 is 2.36 bits per heavy atom. The summed E-state index contributed by atoms with van der Waals surface area (Å²) < 4.78 is 26.1. The van der Waals surface area contributed by atoms with Crippen LogP contribution in [-0.4, -0.2) is 23.1 Å². The van der Waals surface area contributed by atoms with Crippen LogP contribution in [0.4, 0.5) is 5.69 Å². The van der Waals surface area contributed by atoms with Crippen LogP contribution in [0.1, 0.15) is 5.56 Å². The Morgan fingerprint density at radius 2 is 1.75 bits per heavy atom. The molecule has 0 aliphatic heterocycles. The van der Waals surface area contributed by atoms with Crippen molar-refractivity contribution in [2.45, 2.75) is 0 Å². The first-order valence-electron chi connectivity index (χ1n) is 8.33. The number of nitrogens with zero attached hydrogens (tertiary/aromatic N) is 4. The Kier molecular flexibility index (Phi) is 4.76. The van der Waals surface area contributed by atoms with E-state index in [9.17, 15) is 4.21 Å². The van der Waals surface area contributed by atoms with E-state index >= 15 is 0 Å². The van der Waals surface area contributed by atoms with Gasteiger partial charge in [0.25, 0.3) is 11.3 Å². The molecule has 7 nitrogen and oxygen atoms in total. The van der Waals surface area contributed by atoms with Crippen molar-refractivity contribution in [1.29, 1.82) is 5.26 Å². The number of imidazole rings is 1. The van der Waals surface area contributed by atoms with Gasteiger partial charge in [-0.15, -0.1) is 0 Å². The first-order chi connectivity index (χ1) is 13.6. The molecule has 28 heavy (non-hydrogen) atoms.